The zero-order valence-corrected chi connectivity index (χ0v) is 12.4. The largest absolute Gasteiger partial charge is 0.357 e. The minimum absolute atomic E-state index is 0.146. The smallest absolute Gasteiger partial charge is 0.157 e. The van der Waals surface area contributed by atoms with Gasteiger partial charge in [0, 0.05) is 12.3 Å². The first-order valence-electron chi connectivity index (χ1n) is 7.05. The number of hydrogen-bond donors (Lipinski definition) is 1. The Bertz CT molecular complexity index is 628. The molecule has 1 atom stereocenters. The highest BCUT2D eigenvalue weighted by Crippen LogP contribution is 2.25. The maximum atomic E-state index is 13.5. The molecule has 21 heavy (non-hydrogen) atoms. The van der Waals surface area contributed by atoms with Gasteiger partial charge in [-0.05, 0) is 23.6 Å². The van der Waals surface area contributed by atoms with E-state index in [0.29, 0.717) is 19.0 Å². The summed E-state index contributed by atoms with van der Waals surface area (Å²) in [4.78, 5) is 4.54. The molecule has 1 unspecified atom stereocenters. The average molecular weight is 300 g/mol. The van der Waals surface area contributed by atoms with Gasteiger partial charge in [0.2, 0.25) is 0 Å². The Kier molecular flexibility index (Phi) is 4.55. The molecule has 108 valence electrons. The molecule has 0 spiro atoms. The number of nitrogens with zero attached hydrogens (tertiary/aromatic N) is 1. The number of rotatable bonds is 4. The van der Waals surface area contributed by atoms with Crippen molar-refractivity contribution in [1.82, 2.24) is 5.32 Å². The van der Waals surface area contributed by atoms with Crippen LogP contribution in [0.5, 0.6) is 0 Å². The molecule has 1 fully saturated rings. The fraction of sp³-hybridized carbons (Fsp3) is 0.235. The van der Waals surface area contributed by atoms with Crippen molar-refractivity contribution in [1.29, 1.82) is 0 Å². The molecule has 1 heterocycles. The molecule has 2 aromatic carbocycles. The molecular weight excluding hydrogens is 283 g/mol. The Morgan fingerprint density at radius 3 is 2.67 bits per heavy atom. The molecule has 0 aromatic heterocycles. The summed E-state index contributed by atoms with van der Waals surface area (Å²) < 4.78 is 13.5. The minimum Gasteiger partial charge on any atom is -0.357 e. The van der Waals surface area contributed by atoms with E-state index >= 15 is 0 Å². The maximum Gasteiger partial charge on any atom is 0.157 e. The second-order valence-corrected chi connectivity index (χ2v) is 5.96. The summed E-state index contributed by atoms with van der Waals surface area (Å²) in [6.45, 7) is 0.609. The highest BCUT2D eigenvalue weighted by Gasteiger charge is 2.21. The van der Waals surface area contributed by atoms with Crippen molar-refractivity contribution in [3.05, 3.63) is 71.5 Å². The maximum absolute atomic E-state index is 13.5. The zero-order valence-electron chi connectivity index (χ0n) is 11.6. The lowest BCUT2D eigenvalue weighted by molar-refractivity contribution is 0.609. The topological polar surface area (TPSA) is 24.4 Å². The van der Waals surface area contributed by atoms with E-state index < -0.39 is 0 Å². The van der Waals surface area contributed by atoms with Gasteiger partial charge in [0.05, 0.1) is 6.04 Å². The molecule has 2 aromatic rings. The summed E-state index contributed by atoms with van der Waals surface area (Å²) in [5.74, 6) is 0.842. The van der Waals surface area contributed by atoms with E-state index in [1.807, 2.05) is 18.2 Å². The fourth-order valence-corrected chi connectivity index (χ4v) is 3.34. The Morgan fingerprint density at radius 2 is 1.86 bits per heavy atom. The molecule has 1 aliphatic rings. The van der Waals surface area contributed by atoms with Crippen LogP contribution in [0, 0.1) is 5.82 Å². The Labute approximate surface area is 128 Å². The van der Waals surface area contributed by atoms with E-state index in [2.05, 4.69) is 34.6 Å². The van der Waals surface area contributed by atoms with Gasteiger partial charge < -0.3 is 5.32 Å². The standard InChI is InChI=1S/C17H17FN2S/c18-15-9-5-4-6-13(15)10-11-19-17-20-16(12-21-17)14-7-2-1-3-8-14/h1-9,16H,10-12H2,(H,19,20). The van der Waals surface area contributed by atoms with Gasteiger partial charge in [-0.25, -0.2) is 4.39 Å². The first-order chi connectivity index (χ1) is 10.3. The highest BCUT2D eigenvalue weighted by molar-refractivity contribution is 8.14. The van der Waals surface area contributed by atoms with Crippen molar-refractivity contribution in [3.8, 4) is 0 Å². The molecule has 1 saturated heterocycles. The molecule has 1 aliphatic heterocycles. The van der Waals surface area contributed by atoms with Gasteiger partial charge in [0.15, 0.2) is 5.17 Å². The van der Waals surface area contributed by atoms with Gasteiger partial charge in [-0.15, -0.1) is 0 Å². The minimum atomic E-state index is -0.146. The number of benzene rings is 2. The van der Waals surface area contributed by atoms with E-state index in [1.165, 1.54) is 11.6 Å². The molecule has 0 radical (unpaired) electrons. The first kappa shape index (κ1) is 14.1. The van der Waals surface area contributed by atoms with Gasteiger partial charge in [-0.2, -0.15) is 0 Å². The molecule has 4 heteroatoms. The van der Waals surface area contributed by atoms with E-state index in [-0.39, 0.29) is 5.82 Å². The third-order valence-corrected chi connectivity index (χ3v) is 4.50. The van der Waals surface area contributed by atoms with Crippen molar-refractivity contribution < 1.29 is 4.39 Å². The van der Waals surface area contributed by atoms with Gasteiger partial charge in [0.25, 0.3) is 0 Å². The number of hydrogen-bond acceptors (Lipinski definition) is 2. The second-order valence-electron chi connectivity index (χ2n) is 4.95. The third kappa shape index (κ3) is 3.64. The van der Waals surface area contributed by atoms with Gasteiger partial charge >= 0.3 is 0 Å². The summed E-state index contributed by atoms with van der Waals surface area (Å²) in [6, 6.07) is 17.6. The monoisotopic (exact) mass is 300 g/mol. The molecule has 0 aliphatic carbocycles. The lowest BCUT2D eigenvalue weighted by Crippen LogP contribution is -2.19. The second kappa shape index (κ2) is 6.76. The quantitative estimate of drug-likeness (QED) is 0.928. The van der Waals surface area contributed by atoms with Crippen molar-refractivity contribution in [2.75, 3.05) is 12.3 Å². The first-order valence-corrected chi connectivity index (χ1v) is 8.03. The zero-order chi connectivity index (χ0) is 14.5. The fourth-order valence-electron chi connectivity index (χ4n) is 2.33. The molecule has 0 bridgehead atoms. The van der Waals surface area contributed by atoms with Gasteiger partial charge in [-0.3, -0.25) is 4.99 Å². The third-order valence-electron chi connectivity index (χ3n) is 3.48. The van der Waals surface area contributed by atoms with Crippen molar-refractivity contribution in [2.24, 2.45) is 4.99 Å². The van der Waals surface area contributed by atoms with Gasteiger partial charge in [-0.1, -0.05) is 60.3 Å². The molecule has 1 N–H and O–H groups in total. The van der Waals surface area contributed by atoms with Crippen LogP contribution in [0.1, 0.15) is 17.2 Å². The molecule has 0 amide bonds. The predicted octanol–water partition coefficient (Wildman–Crippen LogP) is 3.80. The average Bonchev–Trinajstić information content (AvgIpc) is 2.99. The Balaban J connectivity index is 1.56. The van der Waals surface area contributed by atoms with Crippen LogP contribution in [-0.4, -0.2) is 17.5 Å². The van der Waals surface area contributed by atoms with E-state index in [1.54, 1.807) is 17.8 Å². The highest BCUT2D eigenvalue weighted by atomic mass is 32.2. The summed E-state index contributed by atoms with van der Waals surface area (Å²) in [6.07, 6.45) is 0.633. The molecule has 0 saturated carbocycles. The van der Waals surface area contributed by atoms with Crippen LogP contribution in [0.3, 0.4) is 0 Å². The van der Waals surface area contributed by atoms with Crippen LogP contribution in [0.15, 0.2) is 59.6 Å². The predicted molar refractivity (Wildman–Crippen MR) is 87.2 cm³/mol. The van der Waals surface area contributed by atoms with Crippen LogP contribution < -0.4 is 5.32 Å². The number of amidine groups is 1. The van der Waals surface area contributed by atoms with Crippen molar-refractivity contribution >= 4 is 16.9 Å². The van der Waals surface area contributed by atoms with Crippen LogP contribution in [0.2, 0.25) is 0 Å². The number of halogens is 1. The SMILES string of the molecule is Fc1ccccc1CCN=C1NC(c2ccccc2)CS1. The van der Waals surface area contributed by atoms with Gasteiger partial charge in [0.1, 0.15) is 5.82 Å². The van der Waals surface area contributed by atoms with Crippen LogP contribution in [0.4, 0.5) is 4.39 Å². The molecular formula is C17H17FN2S. The molecule has 2 nitrogen and oxygen atoms in total. The number of thioether (sulfide) groups is 1. The van der Waals surface area contributed by atoms with Crippen LogP contribution in [0.25, 0.3) is 0 Å². The summed E-state index contributed by atoms with van der Waals surface area (Å²) in [5, 5.41) is 4.39. The van der Waals surface area contributed by atoms with E-state index in [4.69, 9.17) is 0 Å². The van der Waals surface area contributed by atoms with E-state index in [0.717, 1.165) is 16.5 Å². The Morgan fingerprint density at radius 1 is 1.10 bits per heavy atom. The summed E-state index contributed by atoms with van der Waals surface area (Å²) >= 11 is 1.73. The normalized spacial score (nSPS) is 19.7. The summed E-state index contributed by atoms with van der Waals surface area (Å²) in [5.41, 5.74) is 2.01. The number of nitrogens with one attached hydrogen (secondary N) is 1. The lowest BCUT2D eigenvalue weighted by Gasteiger charge is -2.09. The van der Waals surface area contributed by atoms with Crippen LogP contribution >= 0.6 is 11.8 Å². The number of aliphatic imine (C=N–C) groups is 1. The molecule has 3 rings (SSSR count). The van der Waals surface area contributed by atoms with E-state index in [9.17, 15) is 4.39 Å². The Hall–Kier alpha value is -1.81. The van der Waals surface area contributed by atoms with Crippen LogP contribution in [-0.2, 0) is 6.42 Å². The van der Waals surface area contributed by atoms with Crippen molar-refractivity contribution in [3.63, 3.8) is 0 Å². The summed E-state index contributed by atoms with van der Waals surface area (Å²) in [7, 11) is 0. The van der Waals surface area contributed by atoms with Crippen molar-refractivity contribution in [2.45, 2.75) is 12.5 Å². The lowest BCUT2D eigenvalue weighted by atomic mass is 10.1.